The Labute approximate surface area is 111 Å². The molecule has 2 rings (SSSR count). The van der Waals surface area contributed by atoms with E-state index in [2.05, 4.69) is 0 Å². The van der Waals surface area contributed by atoms with Crippen LogP contribution < -0.4 is 0 Å². The minimum Gasteiger partial charge on any atom is -0.378 e. The van der Waals surface area contributed by atoms with Gasteiger partial charge < -0.3 is 4.74 Å². The summed E-state index contributed by atoms with van der Waals surface area (Å²) in [6, 6.07) is 0. The molecule has 0 spiro atoms. The Bertz CT molecular complexity index is 301. The summed E-state index contributed by atoms with van der Waals surface area (Å²) in [6.45, 7) is 1.67. The maximum absolute atomic E-state index is 14.1. The molecule has 7 unspecified atom stereocenters. The number of halogens is 4. The minimum absolute atomic E-state index is 0.333. The molecule has 0 aliphatic heterocycles. The van der Waals surface area contributed by atoms with E-state index in [1.807, 2.05) is 0 Å². The van der Waals surface area contributed by atoms with Crippen LogP contribution in [0.1, 0.15) is 32.6 Å². The summed E-state index contributed by atoms with van der Waals surface area (Å²) in [5, 5.41) is 0. The summed E-state index contributed by atoms with van der Waals surface area (Å²) in [6.07, 6.45) is -5.73. The molecule has 1 nitrogen and oxygen atoms in total. The Morgan fingerprint density at radius 1 is 0.737 bits per heavy atom. The third kappa shape index (κ3) is 2.76. The molecule has 0 amide bonds. The first kappa shape index (κ1) is 15.1. The van der Waals surface area contributed by atoms with Gasteiger partial charge in [-0.25, -0.2) is 17.6 Å². The molecular weight excluding hydrogens is 260 g/mol. The second kappa shape index (κ2) is 5.98. The van der Waals surface area contributed by atoms with E-state index in [1.54, 1.807) is 6.92 Å². The lowest BCUT2D eigenvalue weighted by molar-refractivity contribution is -0.0922. The van der Waals surface area contributed by atoms with Crippen LogP contribution in [0.25, 0.3) is 0 Å². The quantitative estimate of drug-likeness (QED) is 0.700. The average molecular weight is 282 g/mol. The second-order valence-electron chi connectivity index (χ2n) is 6.01. The highest BCUT2D eigenvalue weighted by atomic mass is 19.2. The van der Waals surface area contributed by atoms with Gasteiger partial charge in [0.2, 0.25) is 0 Å². The first-order valence-electron chi connectivity index (χ1n) is 7.06. The highest BCUT2D eigenvalue weighted by Gasteiger charge is 2.49. The van der Waals surface area contributed by atoms with Gasteiger partial charge in [-0.2, -0.15) is 0 Å². The summed E-state index contributed by atoms with van der Waals surface area (Å²) in [4.78, 5) is 0. The number of ether oxygens (including phenoxy) is 1. The van der Waals surface area contributed by atoms with Crippen LogP contribution in [0.3, 0.4) is 0 Å². The van der Waals surface area contributed by atoms with Gasteiger partial charge in [0.25, 0.3) is 0 Å². The molecule has 2 fully saturated rings. The van der Waals surface area contributed by atoms with Crippen molar-refractivity contribution in [1.29, 1.82) is 0 Å². The van der Waals surface area contributed by atoms with Crippen molar-refractivity contribution in [2.75, 3.05) is 7.11 Å². The van der Waals surface area contributed by atoms with Crippen molar-refractivity contribution in [1.82, 2.24) is 0 Å². The van der Waals surface area contributed by atoms with Crippen LogP contribution in [0.15, 0.2) is 0 Å². The van der Waals surface area contributed by atoms with Crippen molar-refractivity contribution in [3.63, 3.8) is 0 Å². The molecule has 2 saturated carbocycles. The van der Waals surface area contributed by atoms with Crippen molar-refractivity contribution in [2.24, 2.45) is 17.8 Å². The molecular formula is C14H22F4O. The molecule has 19 heavy (non-hydrogen) atoms. The third-order valence-corrected chi connectivity index (χ3v) is 4.92. The van der Waals surface area contributed by atoms with Gasteiger partial charge in [-0.15, -0.1) is 0 Å². The van der Waals surface area contributed by atoms with Crippen molar-refractivity contribution in [3.05, 3.63) is 0 Å². The van der Waals surface area contributed by atoms with Gasteiger partial charge in [0.1, 0.15) is 18.5 Å². The zero-order valence-corrected chi connectivity index (χ0v) is 11.4. The van der Waals surface area contributed by atoms with E-state index in [9.17, 15) is 17.6 Å². The fraction of sp³-hybridized carbons (Fsp3) is 1.00. The van der Waals surface area contributed by atoms with E-state index in [-0.39, 0.29) is 5.92 Å². The molecule has 0 aromatic heterocycles. The van der Waals surface area contributed by atoms with E-state index in [0.717, 1.165) is 0 Å². The van der Waals surface area contributed by atoms with Crippen LogP contribution in [0.2, 0.25) is 0 Å². The molecule has 112 valence electrons. The summed E-state index contributed by atoms with van der Waals surface area (Å²) in [5.41, 5.74) is 0. The first-order valence-corrected chi connectivity index (χ1v) is 7.06. The van der Waals surface area contributed by atoms with E-state index in [1.165, 1.54) is 7.11 Å². The van der Waals surface area contributed by atoms with Gasteiger partial charge in [-0.3, -0.25) is 0 Å². The van der Waals surface area contributed by atoms with Crippen molar-refractivity contribution < 1.29 is 22.3 Å². The normalized spacial score (nSPS) is 52.1. The smallest absolute Gasteiger partial charge is 0.157 e. The lowest BCUT2D eigenvalue weighted by atomic mass is 9.68. The Morgan fingerprint density at radius 3 is 1.84 bits per heavy atom. The molecule has 5 heteroatoms. The van der Waals surface area contributed by atoms with Crippen LogP contribution >= 0.6 is 0 Å². The molecule has 0 bridgehead atoms. The van der Waals surface area contributed by atoms with Gasteiger partial charge in [0, 0.05) is 7.11 Å². The van der Waals surface area contributed by atoms with Gasteiger partial charge in [0.15, 0.2) is 6.17 Å². The van der Waals surface area contributed by atoms with Gasteiger partial charge in [-0.1, -0.05) is 6.92 Å². The van der Waals surface area contributed by atoms with E-state index in [4.69, 9.17) is 4.74 Å². The van der Waals surface area contributed by atoms with E-state index in [0.29, 0.717) is 25.7 Å². The van der Waals surface area contributed by atoms with Crippen molar-refractivity contribution in [2.45, 2.75) is 63.4 Å². The Balaban J connectivity index is 2.06. The van der Waals surface area contributed by atoms with Gasteiger partial charge in [0.05, 0.1) is 6.10 Å². The number of hydrogen-bond donors (Lipinski definition) is 0. The topological polar surface area (TPSA) is 9.23 Å². The number of hydrogen-bond acceptors (Lipinski definition) is 1. The lowest BCUT2D eigenvalue weighted by Gasteiger charge is -2.43. The zero-order valence-electron chi connectivity index (χ0n) is 11.4. The Hall–Kier alpha value is -0.320. The zero-order chi connectivity index (χ0) is 14.2. The molecule has 0 radical (unpaired) electrons. The second-order valence-corrected chi connectivity index (χ2v) is 6.01. The van der Waals surface area contributed by atoms with Gasteiger partial charge >= 0.3 is 0 Å². The monoisotopic (exact) mass is 282 g/mol. The van der Waals surface area contributed by atoms with Crippen molar-refractivity contribution >= 4 is 0 Å². The van der Waals surface area contributed by atoms with Crippen LogP contribution in [-0.4, -0.2) is 37.9 Å². The molecule has 8 atom stereocenters. The van der Waals surface area contributed by atoms with Crippen LogP contribution in [-0.2, 0) is 4.74 Å². The Kier molecular flexibility index (Phi) is 4.75. The summed E-state index contributed by atoms with van der Waals surface area (Å²) >= 11 is 0. The van der Waals surface area contributed by atoms with E-state index >= 15 is 0 Å². The molecule has 0 saturated heterocycles. The summed E-state index contributed by atoms with van der Waals surface area (Å²) in [5.74, 6) is -1.75. The minimum atomic E-state index is -1.75. The fourth-order valence-corrected chi connectivity index (χ4v) is 3.59. The summed E-state index contributed by atoms with van der Waals surface area (Å²) in [7, 11) is 1.35. The molecule has 0 aromatic rings. The predicted octanol–water partition coefficient (Wildman–Crippen LogP) is 3.81. The average Bonchev–Trinajstić information content (AvgIpc) is 2.40. The largest absolute Gasteiger partial charge is 0.378 e. The van der Waals surface area contributed by atoms with E-state index < -0.39 is 42.6 Å². The number of methoxy groups -OCH3 is 1. The fourth-order valence-electron chi connectivity index (χ4n) is 3.59. The van der Waals surface area contributed by atoms with Crippen molar-refractivity contribution in [3.8, 4) is 0 Å². The first-order chi connectivity index (χ1) is 8.97. The molecule has 0 heterocycles. The maximum Gasteiger partial charge on any atom is 0.157 e. The SMILES string of the molecule is COC1CCC(C2CC[C@@H](C)C(F)C2F)C(F)C1F. The molecule has 0 aromatic carbocycles. The molecule has 0 N–H and O–H groups in total. The standard InChI is InChI=1S/C14H22F4O/c1-7-3-4-8(12(16)11(7)15)9-5-6-10(19-2)14(18)13(9)17/h7-14H,3-6H2,1-2H3/t7-,8?,9?,10?,11?,12?,13?,14?/m1/s1. The predicted molar refractivity (Wildman–Crippen MR) is 65.0 cm³/mol. The highest BCUT2D eigenvalue weighted by Crippen LogP contribution is 2.44. The Morgan fingerprint density at radius 2 is 1.26 bits per heavy atom. The van der Waals surface area contributed by atoms with Crippen LogP contribution in [0.4, 0.5) is 17.6 Å². The summed E-state index contributed by atoms with van der Waals surface area (Å²) < 4.78 is 60.6. The van der Waals surface area contributed by atoms with Gasteiger partial charge in [-0.05, 0) is 43.4 Å². The number of rotatable bonds is 2. The van der Waals surface area contributed by atoms with Crippen LogP contribution in [0, 0.1) is 17.8 Å². The molecule has 2 aliphatic carbocycles. The lowest BCUT2D eigenvalue weighted by Crippen LogP contribution is -2.49. The third-order valence-electron chi connectivity index (χ3n) is 4.92. The van der Waals surface area contributed by atoms with Crippen LogP contribution in [0.5, 0.6) is 0 Å². The highest BCUT2D eigenvalue weighted by molar-refractivity contribution is 4.97. The maximum atomic E-state index is 14.1. The molecule has 2 aliphatic rings. The number of alkyl halides is 4.